The molecule has 2 aliphatic heterocycles. The standard InChI is InChI=1S/C10H18FN3O/c11-8-4-9(13-5-8)6-14-3-1-2-12-10(15)7-14/h8-9,13H,1-7H2,(H,12,15)/t8-,9-/m0/s1. The number of hydrogen-bond acceptors (Lipinski definition) is 3. The first kappa shape index (κ1) is 10.8. The lowest BCUT2D eigenvalue weighted by Gasteiger charge is -2.22. The Bertz CT molecular complexity index is 237. The van der Waals surface area contributed by atoms with E-state index >= 15 is 0 Å². The van der Waals surface area contributed by atoms with E-state index < -0.39 is 6.17 Å². The molecule has 5 heteroatoms. The minimum Gasteiger partial charge on any atom is -0.355 e. The highest BCUT2D eigenvalue weighted by Gasteiger charge is 2.26. The average Bonchev–Trinajstić information content (AvgIpc) is 2.46. The Morgan fingerprint density at radius 3 is 3.13 bits per heavy atom. The van der Waals surface area contributed by atoms with Crippen molar-refractivity contribution >= 4 is 5.91 Å². The SMILES string of the molecule is O=C1CN(C[C@@H]2C[C@H](F)CN2)CCCN1. The molecule has 2 heterocycles. The topological polar surface area (TPSA) is 44.4 Å². The molecule has 0 radical (unpaired) electrons. The van der Waals surface area contributed by atoms with E-state index in [4.69, 9.17) is 0 Å². The Balaban J connectivity index is 1.79. The monoisotopic (exact) mass is 215 g/mol. The summed E-state index contributed by atoms with van der Waals surface area (Å²) in [4.78, 5) is 13.4. The first-order valence-electron chi connectivity index (χ1n) is 5.60. The van der Waals surface area contributed by atoms with Gasteiger partial charge in [0.15, 0.2) is 0 Å². The molecule has 2 saturated heterocycles. The second kappa shape index (κ2) is 4.90. The summed E-state index contributed by atoms with van der Waals surface area (Å²) < 4.78 is 12.9. The highest BCUT2D eigenvalue weighted by molar-refractivity contribution is 5.78. The molecule has 2 fully saturated rings. The van der Waals surface area contributed by atoms with E-state index in [1.807, 2.05) is 0 Å². The number of carbonyl (C=O) groups is 1. The number of amides is 1. The minimum atomic E-state index is -0.712. The Hall–Kier alpha value is -0.680. The molecule has 0 bridgehead atoms. The lowest BCUT2D eigenvalue weighted by molar-refractivity contribution is -0.121. The van der Waals surface area contributed by atoms with Crippen molar-refractivity contribution in [2.45, 2.75) is 25.1 Å². The lowest BCUT2D eigenvalue weighted by atomic mass is 10.2. The average molecular weight is 215 g/mol. The van der Waals surface area contributed by atoms with E-state index in [2.05, 4.69) is 15.5 Å². The number of rotatable bonds is 2. The highest BCUT2D eigenvalue weighted by atomic mass is 19.1. The zero-order chi connectivity index (χ0) is 10.7. The van der Waals surface area contributed by atoms with Gasteiger partial charge in [0, 0.05) is 32.2 Å². The second-order valence-electron chi connectivity index (χ2n) is 4.38. The molecule has 0 aromatic rings. The van der Waals surface area contributed by atoms with Gasteiger partial charge in [-0.15, -0.1) is 0 Å². The van der Waals surface area contributed by atoms with Crippen LogP contribution in [0.4, 0.5) is 4.39 Å². The third-order valence-electron chi connectivity index (χ3n) is 2.99. The van der Waals surface area contributed by atoms with Crippen LogP contribution >= 0.6 is 0 Å². The zero-order valence-corrected chi connectivity index (χ0v) is 8.84. The van der Waals surface area contributed by atoms with E-state index in [9.17, 15) is 9.18 Å². The van der Waals surface area contributed by atoms with Crippen LogP contribution in [0.3, 0.4) is 0 Å². The van der Waals surface area contributed by atoms with Crippen LogP contribution in [0.5, 0.6) is 0 Å². The third-order valence-corrected chi connectivity index (χ3v) is 2.99. The Kier molecular flexibility index (Phi) is 3.53. The van der Waals surface area contributed by atoms with Gasteiger partial charge in [0.25, 0.3) is 0 Å². The van der Waals surface area contributed by atoms with Gasteiger partial charge in [-0.3, -0.25) is 9.69 Å². The predicted octanol–water partition coefficient (Wildman–Crippen LogP) is -0.492. The van der Waals surface area contributed by atoms with Crippen molar-refractivity contribution in [1.29, 1.82) is 0 Å². The molecule has 0 spiro atoms. The number of carbonyl (C=O) groups excluding carboxylic acids is 1. The first-order valence-corrected chi connectivity index (χ1v) is 5.60. The minimum absolute atomic E-state index is 0.0855. The quantitative estimate of drug-likeness (QED) is 0.653. The summed E-state index contributed by atoms with van der Waals surface area (Å²) in [7, 11) is 0. The molecular formula is C10H18FN3O. The van der Waals surface area contributed by atoms with Gasteiger partial charge in [0.05, 0.1) is 6.54 Å². The summed E-state index contributed by atoms with van der Waals surface area (Å²) in [6.45, 7) is 3.39. The van der Waals surface area contributed by atoms with Gasteiger partial charge in [0.2, 0.25) is 5.91 Å². The number of hydrogen-bond donors (Lipinski definition) is 2. The molecule has 86 valence electrons. The van der Waals surface area contributed by atoms with E-state index in [1.54, 1.807) is 0 Å². The number of nitrogens with zero attached hydrogens (tertiary/aromatic N) is 1. The van der Waals surface area contributed by atoms with E-state index in [1.165, 1.54) is 0 Å². The summed E-state index contributed by atoms with van der Waals surface area (Å²) >= 11 is 0. The Labute approximate surface area is 89.2 Å². The van der Waals surface area contributed by atoms with Crippen LogP contribution in [0, 0.1) is 0 Å². The first-order chi connectivity index (χ1) is 7.24. The van der Waals surface area contributed by atoms with Crippen LogP contribution in [-0.4, -0.2) is 55.7 Å². The van der Waals surface area contributed by atoms with Crippen LogP contribution in [0.15, 0.2) is 0 Å². The summed E-state index contributed by atoms with van der Waals surface area (Å²) in [6, 6.07) is 0.214. The molecule has 15 heavy (non-hydrogen) atoms. The fraction of sp³-hybridized carbons (Fsp3) is 0.900. The smallest absolute Gasteiger partial charge is 0.234 e. The summed E-state index contributed by atoms with van der Waals surface area (Å²) in [5.41, 5.74) is 0. The molecular weight excluding hydrogens is 197 g/mol. The predicted molar refractivity (Wildman–Crippen MR) is 55.4 cm³/mol. The van der Waals surface area contributed by atoms with Crippen molar-refractivity contribution in [2.24, 2.45) is 0 Å². The summed E-state index contributed by atoms with van der Waals surface area (Å²) in [5, 5.41) is 5.97. The molecule has 0 saturated carbocycles. The highest BCUT2D eigenvalue weighted by Crippen LogP contribution is 2.11. The van der Waals surface area contributed by atoms with E-state index in [-0.39, 0.29) is 11.9 Å². The normalized spacial score (nSPS) is 33.8. The fourth-order valence-electron chi connectivity index (χ4n) is 2.25. The zero-order valence-electron chi connectivity index (χ0n) is 8.84. The molecule has 2 atom stereocenters. The molecule has 2 N–H and O–H groups in total. The van der Waals surface area contributed by atoms with Crippen LogP contribution < -0.4 is 10.6 Å². The number of halogens is 1. The Morgan fingerprint density at radius 1 is 1.53 bits per heavy atom. The van der Waals surface area contributed by atoms with Crippen LogP contribution in [0.1, 0.15) is 12.8 Å². The maximum atomic E-state index is 12.9. The maximum absolute atomic E-state index is 12.9. The second-order valence-corrected chi connectivity index (χ2v) is 4.38. The van der Waals surface area contributed by atoms with Crippen molar-refractivity contribution in [3.05, 3.63) is 0 Å². The van der Waals surface area contributed by atoms with Gasteiger partial charge < -0.3 is 10.6 Å². The maximum Gasteiger partial charge on any atom is 0.234 e. The molecule has 0 aromatic heterocycles. The molecule has 0 aliphatic carbocycles. The Morgan fingerprint density at radius 2 is 2.40 bits per heavy atom. The molecule has 0 aromatic carbocycles. The van der Waals surface area contributed by atoms with Gasteiger partial charge in [-0.2, -0.15) is 0 Å². The van der Waals surface area contributed by atoms with Crippen LogP contribution in [0.2, 0.25) is 0 Å². The van der Waals surface area contributed by atoms with E-state index in [0.717, 1.165) is 26.1 Å². The van der Waals surface area contributed by atoms with Gasteiger partial charge in [-0.1, -0.05) is 0 Å². The fourth-order valence-corrected chi connectivity index (χ4v) is 2.25. The van der Waals surface area contributed by atoms with Crippen molar-refractivity contribution in [2.75, 3.05) is 32.7 Å². The molecule has 2 rings (SSSR count). The van der Waals surface area contributed by atoms with Gasteiger partial charge >= 0.3 is 0 Å². The van der Waals surface area contributed by atoms with Gasteiger partial charge in [0.1, 0.15) is 6.17 Å². The van der Waals surface area contributed by atoms with Crippen molar-refractivity contribution in [3.63, 3.8) is 0 Å². The molecule has 4 nitrogen and oxygen atoms in total. The van der Waals surface area contributed by atoms with Crippen molar-refractivity contribution < 1.29 is 9.18 Å². The largest absolute Gasteiger partial charge is 0.355 e. The number of alkyl halides is 1. The van der Waals surface area contributed by atoms with Crippen molar-refractivity contribution in [3.8, 4) is 0 Å². The number of nitrogens with one attached hydrogen (secondary N) is 2. The third kappa shape index (κ3) is 3.14. The molecule has 2 aliphatic rings. The van der Waals surface area contributed by atoms with Crippen LogP contribution in [0.25, 0.3) is 0 Å². The van der Waals surface area contributed by atoms with Gasteiger partial charge in [-0.05, 0) is 12.8 Å². The van der Waals surface area contributed by atoms with E-state index in [0.29, 0.717) is 19.5 Å². The molecule has 1 amide bonds. The van der Waals surface area contributed by atoms with Crippen molar-refractivity contribution in [1.82, 2.24) is 15.5 Å². The summed E-state index contributed by atoms with van der Waals surface area (Å²) in [6.07, 6.45) is 0.853. The summed E-state index contributed by atoms with van der Waals surface area (Å²) in [5.74, 6) is 0.0855. The molecule has 0 unspecified atom stereocenters. The lowest BCUT2D eigenvalue weighted by Crippen LogP contribution is -2.40. The van der Waals surface area contributed by atoms with Crippen LogP contribution in [-0.2, 0) is 4.79 Å². The van der Waals surface area contributed by atoms with Gasteiger partial charge in [-0.25, -0.2) is 4.39 Å².